The van der Waals surface area contributed by atoms with Crippen molar-refractivity contribution in [2.45, 2.75) is 26.2 Å². The van der Waals surface area contributed by atoms with E-state index in [0.717, 1.165) is 16.3 Å². The summed E-state index contributed by atoms with van der Waals surface area (Å²) in [5, 5.41) is 3.16. The van der Waals surface area contributed by atoms with Gasteiger partial charge in [-0.05, 0) is 12.1 Å². The second-order valence-corrected chi connectivity index (χ2v) is 6.56. The number of rotatable bonds is 4. The first-order valence-electron chi connectivity index (χ1n) is 6.67. The van der Waals surface area contributed by atoms with Gasteiger partial charge in [-0.1, -0.05) is 20.8 Å². The van der Waals surface area contributed by atoms with Crippen molar-refractivity contribution in [3.05, 3.63) is 22.5 Å². The van der Waals surface area contributed by atoms with Gasteiger partial charge in [0.2, 0.25) is 5.75 Å². The zero-order chi connectivity index (χ0) is 15.6. The maximum Gasteiger partial charge on any atom is 0.203 e. The van der Waals surface area contributed by atoms with E-state index in [1.54, 1.807) is 32.7 Å². The molecule has 0 bridgehead atoms. The number of aromatic nitrogens is 1. The number of benzene rings is 1. The van der Waals surface area contributed by atoms with Crippen LogP contribution in [0, 0.1) is 0 Å². The smallest absolute Gasteiger partial charge is 0.203 e. The fourth-order valence-electron chi connectivity index (χ4n) is 1.98. The first-order valence-corrected chi connectivity index (χ1v) is 7.55. The second kappa shape index (κ2) is 5.93. The summed E-state index contributed by atoms with van der Waals surface area (Å²) in [7, 11) is 4.83. The quantitative estimate of drug-likeness (QED) is 0.851. The van der Waals surface area contributed by atoms with Crippen LogP contribution in [0.3, 0.4) is 0 Å². The van der Waals surface area contributed by atoms with Gasteiger partial charge in [0.05, 0.1) is 32.0 Å². The molecule has 21 heavy (non-hydrogen) atoms. The fourth-order valence-corrected chi connectivity index (χ4v) is 2.90. The molecular weight excluding hydrogens is 286 g/mol. The van der Waals surface area contributed by atoms with Crippen molar-refractivity contribution in [3.63, 3.8) is 0 Å². The monoisotopic (exact) mass is 307 g/mol. The Labute approximate surface area is 129 Å². The number of nitrogens with zero attached hydrogens (tertiary/aromatic N) is 1. The van der Waals surface area contributed by atoms with Gasteiger partial charge in [-0.3, -0.25) is 0 Å². The summed E-state index contributed by atoms with van der Waals surface area (Å²) in [5.41, 5.74) is 1.92. The van der Waals surface area contributed by atoms with Crippen LogP contribution < -0.4 is 14.2 Å². The SMILES string of the molecule is COc1cc(-c2csc(C(C)(C)C)n2)cc(OC)c1OC. The molecule has 4 nitrogen and oxygen atoms in total. The highest BCUT2D eigenvalue weighted by Crippen LogP contribution is 2.41. The van der Waals surface area contributed by atoms with Gasteiger partial charge < -0.3 is 14.2 Å². The van der Waals surface area contributed by atoms with Gasteiger partial charge in [0, 0.05) is 16.4 Å². The molecule has 0 aliphatic heterocycles. The molecule has 0 atom stereocenters. The molecule has 2 rings (SSSR count). The third-order valence-corrected chi connectivity index (χ3v) is 4.37. The molecule has 0 aliphatic rings. The highest BCUT2D eigenvalue weighted by Gasteiger charge is 2.20. The molecule has 1 aromatic carbocycles. The van der Waals surface area contributed by atoms with Crippen LogP contribution in [0.2, 0.25) is 0 Å². The number of methoxy groups -OCH3 is 3. The van der Waals surface area contributed by atoms with E-state index in [1.165, 1.54) is 0 Å². The van der Waals surface area contributed by atoms with Crippen LogP contribution in [0.4, 0.5) is 0 Å². The Hall–Kier alpha value is -1.75. The average Bonchev–Trinajstić information content (AvgIpc) is 2.95. The Balaban J connectivity index is 2.51. The number of thiazole rings is 1. The molecule has 5 heteroatoms. The molecule has 0 amide bonds. The fraction of sp³-hybridized carbons (Fsp3) is 0.438. The molecule has 0 fully saturated rings. The predicted octanol–water partition coefficient (Wildman–Crippen LogP) is 4.13. The lowest BCUT2D eigenvalue weighted by Crippen LogP contribution is -2.10. The van der Waals surface area contributed by atoms with Crippen molar-refractivity contribution < 1.29 is 14.2 Å². The van der Waals surface area contributed by atoms with Crippen LogP contribution in [0.15, 0.2) is 17.5 Å². The highest BCUT2D eigenvalue weighted by molar-refractivity contribution is 7.10. The normalized spacial score (nSPS) is 11.3. The molecule has 1 heterocycles. The summed E-state index contributed by atoms with van der Waals surface area (Å²) in [6, 6.07) is 3.84. The minimum atomic E-state index is 0.0452. The summed E-state index contributed by atoms with van der Waals surface area (Å²) >= 11 is 1.66. The van der Waals surface area contributed by atoms with Crippen molar-refractivity contribution in [3.8, 4) is 28.5 Å². The molecule has 1 aromatic heterocycles. The van der Waals surface area contributed by atoms with Crippen LogP contribution in [0.25, 0.3) is 11.3 Å². The number of ether oxygens (including phenoxy) is 3. The Morgan fingerprint density at radius 3 is 1.90 bits per heavy atom. The lowest BCUT2D eigenvalue weighted by Gasteiger charge is -2.14. The van der Waals surface area contributed by atoms with Gasteiger partial charge in [-0.25, -0.2) is 4.98 Å². The number of hydrogen-bond acceptors (Lipinski definition) is 5. The third-order valence-electron chi connectivity index (χ3n) is 3.11. The molecule has 0 unspecified atom stereocenters. The molecule has 0 saturated carbocycles. The average molecular weight is 307 g/mol. The molecule has 0 aliphatic carbocycles. The number of hydrogen-bond donors (Lipinski definition) is 0. The lowest BCUT2D eigenvalue weighted by molar-refractivity contribution is 0.324. The van der Waals surface area contributed by atoms with E-state index in [1.807, 2.05) is 12.1 Å². The van der Waals surface area contributed by atoms with Crippen molar-refractivity contribution >= 4 is 11.3 Å². The van der Waals surface area contributed by atoms with Crippen molar-refractivity contribution in [2.75, 3.05) is 21.3 Å². The largest absolute Gasteiger partial charge is 0.493 e. The van der Waals surface area contributed by atoms with E-state index < -0.39 is 0 Å². The summed E-state index contributed by atoms with van der Waals surface area (Å²) in [6.45, 7) is 6.47. The van der Waals surface area contributed by atoms with Gasteiger partial charge in [-0.2, -0.15) is 0 Å². The zero-order valence-electron chi connectivity index (χ0n) is 13.3. The molecule has 0 spiro atoms. The summed E-state index contributed by atoms with van der Waals surface area (Å²) < 4.78 is 16.1. The summed E-state index contributed by atoms with van der Waals surface area (Å²) in [6.07, 6.45) is 0. The van der Waals surface area contributed by atoms with E-state index >= 15 is 0 Å². The topological polar surface area (TPSA) is 40.6 Å². The van der Waals surface area contributed by atoms with E-state index in [9.17, 15) is 0 Å². The standard InChI is InChI=1S/C16H21NO3S/c1-16(2,3)15-17-11(9-21-15)10-7-12(18-4)14(20-6)13(8-10)19-5/h7-9H,1-6H3. The van der Waals surface area contributed by atoms with Gasteiger partial charge in [0.25, 0.3) is 0 Å². The predicted molar refractivity (Wildman–Crippen MR) is 85.9 cm³/mol. The Morgan fingerprint density at radius 2 is 1.52 bits per heavy atom. The maximum atomic E-state index is 5.39. The molecular formula is C16H21NO3S. The second-order valence-electron chi connectivity index (χ2n) is 5.70. The van der Waals surface area contributed by atoms with Gasteiger partial charge in [-0.15, -0.1) is 11.3 Å². The molecule has 2 aromatic rings. The molecule has 0 saturated heterocycles. The van der Waals surface area contributed by atoms with E-state index in [2.05, 4.69) is 26.2 Å². The zero-order valence-corrected chi connectivity index (χ0v) is 14.1. The lowest BCUT2D eigenvalue weighted by atomic mass is 9.98. The highest BCUT2D eigenvalue weighted by atomic mass is 32.1. The van der Waals surface area contributed by atoms with Gasteiger partial charge in [0.1, 0.15) is 0 Å². The Kier molecular flexibility index (Phi) is 4.42. The van der Waals surface area contributed by atoms with Gasteiger partial charge >= 0.3 is 0 Å². The van der Waals surface area contributed by atoms with E-state index in [-0.39, 0.29) is 5.41 Å². The molecule has 0 N–H and O–H groups in total. The van der Waals surface area contributed by atoms with Crippen LogP contribution in [-0.2, 0) is 5.41 Å². The Bertz CT molecular complexity index is 604. The first kappa shape index (κ1) is 15.6. The third kappa shape index (κ3) is 3.13. The maximum absolute atomic E-state index is 5.39. The van der Waals surface area contributed by atoms with Crippen LogP contribution in [0.5, 0.6) is 17.2 Å². The van der Waals surface area contributed by atoms with Crippen molar-refractivity contribution in [1.82, 2.24) is 4.98 Å². The van der Waals surface area contributed by atoms with Crippen molar-refractivity contribution in [2.24, 2.45) is 0 Å². The van der Waals surface area contributed by atoms with Crippen LogP contribution in [0.1, 0.15) is 25.8 Å². The molecule has 114 valence electrons. The van der Waals surface area contributed by atoms with E-state index in [0.29, 0.717) is 17.2 Å². The van der Waals surface area contributed by atoms with Gasteiger partial charge in [0.15, 0.2) is 11.5 Å². The Morgan fingerprint density at radius 1 is 0.952 bits per heavy atom. The summed E-state index contributed by atoms with van der Waals surface area (Å²) in [4.78, 5) is 4.72. The van der Waals surface area contributed by atoms with Crippen LogP contribution in [-0.4, -0.2) is 26.3 Å². The molecule has 0 radical (unpaired) electrons. The van der Waals surface area contributed by atoms with Crippen molar-refractivity contribution in [1.29, 1.82) is 0 Å². The van der Waals surface area contributed by atoms with Crippen LogP contribution >= 0.6 is 11.3 Å². The minimum Gasteiger partial charge on any atom is -0.493 e. The van der Waals surface area contributed by atoms with E-state index in [4.69, 9.17) is 19.2 Å². The summed E-state index contributed by atoms with van der Waals surface area (Å²) in [5.74, 6) is 1.87. The first-order chi connectivity index (χ1) is 9.90. The minimum absolute atomic E-state index is 0.0452.